The minimum atomic E-state index is -0.974. The minimum Gasteiger partial charge on any atom is -0.497 e. The molecule has 0 unspecified atom stereocenters. The first kappa shape index (κ1) is 13.4. The van der Waals surface area contributed by atoms with Gasteiger partial charge in [0.05, 0.1) is 12.8 Å². The number of methoxy groups -OCH3 is 1. The van der Waals surface area contributed by atoms with Crippen LogP contribution in [0.4, 0.5) is 10.1 Å². The van der Waals surface area contributed by atoms with Crippen molar-refractivity contribution in [2.24, 2.45) is 0 Å². The number of carbonyl (C=O) groups is 1. The fraction of sp³-hybridized carbons (Fsp3) is 0.154. The maximum Gasteiger partial charge on any atom is 0.346 e. The predicted molar refractivity (Wildman–Crippen MR) is 71.6 cm³/mol. The number of anilines is 1. The molecular formula is C13H12FNO3S. The molecule has 0 atom stereocenters. The standard InChI is InChI=1S/C13H12FNO3S/c1-18-9-2-3-10(14)11(6-9)15-7-8-4-5-19-12(8)13(16)17/h2-6,15H,7H2,1H3,(H,16,17). The van der Waals surface area contributed by atoms with E-state index in [2.05, 4.69) is 5.32 Å². The number of hydrogen-bond donors (Lipinski definition) is 2. The Kier molecular flexibility index (Phi) is 4.01. The third-order valence-corrected chi connectivity index (χ3v) is 3.53. The Hall–Kier alpha value is -2.08. The number of aromatic carboxylic acids is 1. The van der Waals surface area contributed by atoms with Crippen LogP contribution in [0, 0.1) is 5.82 Å². The van der Waals surface area contributed by atoms with Crippen LogP contribution < -0.4 is 10.1 Å². The van der Waals surface area contributed by atoms with Gasteiger partial charge in [-0.3, -0.25) is 0 Å². The van der Waals surface area contributed by atoms with E-state index in [1.165, 1.54) is 25.3 Å². The maximum atomic E-state index is 13.6. The third-order valence-electron chi connectivity index (χ3n) is 2.58. The minimum absolute atomic E-state index is 0.245. The molecule has 0 aliphatic heterocycles. The van der Waals surface area contributed by atoms with Crippen molar-refractivity contribution < 1.29 is 19.0 Å². The summed E-state index contributed by atoms with van der Waals surface area (Å²) in [4.78, 5) is 11.2. The number of halogens is 1. The van der Waals surface area contributed by atoms with Gasteiger partial charge in [0.25, 0.3) is 0 Å². The number of hydrogen-bond acceptors (Lipinski definition) is 4. The number of carboxylic acid groups (broad SMARTS) is 1. The van der Waals surface area contributed by atoms with Crippen LogP contribution in [0.1, 0.15) is 15.2 Å². The molecule has 1 aromatic heterocycles. The molecule has 0 radical (unpaired) electrons. The van der Waals surface area contributed by atoms with Crippen molar-refractivity contribution in [2.45, 2.75) is 6.54 Å². The Balaban J connectivity index is 2.14. The topological polar surface area (TPSA) is 58.6 Å². The monoisotopic (exact) mass is 281 g/mol. The molecule has 2 rings (SSSR count). The van der Waals surface area contributed by atoms with E-state index < -0.39 is 11.8 Å². The molecule has 19 heavy (non-hydrogen) atoms. The highest BCUT2D eigenvalue weighted by molar-refractivity contribution is 7.12. The second-order valence-electron chi connectivity index (χ2n) is 3.78. The van der Waals surface area contributed by atoms with E-state index >= 15 is 0 Å². The van der Waals surface area contributed by atoms with Gasteiger partial charge >= 0.3 is 5.97 Å². The highest BCUT2D eigenvalue weighted by atomic mass is 32.1. The largest absolute Gasteiger partial charge is 0.497 e. The molecule has 2 aromatic rings. The number of benzene rings is 1. The summed E-state index contributed by atoms with van der Waals surface area (Å²) >= 11 is 1.15. The quantitative estimate of drug-likeness (QED) is 0.883. The normalized spacial score (nSPS) is 10.2. The van der Waals surface area contributed by atoms with Crippen LogP contribution in [0.2, 0.25) is 0 Å². The SMILES string of the molecule is COc1ccc(F)c(NCc2ccsc2C(=O)O)c1. The Bertz CT molecular complexity index is 597. The van der Waals surface area contributed by atoms with Gasteiger partial charge < -0.3 is 15.2 Å². The zero-order chi connectivity index (χ0) is 13.8. The van der Waals surface area contributed by atoms with Crippen LogP contribution >= 0.6 is 11.3 Å². The molecule has 2 N–H and O–H groups in total. The molecule has 0 saturated carbocycles. The first-order chi connectivity index (χ1) is 9.11. The molecule has 0 aliphatic carbocycles. The lowest BCUT2D eigenvalue weighted by molar-refractivity contribution is 0.0701. The molecule has 1 aromatic carbocycles. The molecule has 1 heterocycles. The number of rotatable bonds is 5. The van der Waals surface area contributed by atoms with Crippen LogP contribution in [-0.4, -0.2) is 18.2 Å². The Labute approximate surface area is 113 Å². The van der Waals surface area contributed by atoms with E-state index in [0.29, 0.717) is 11.3 Å². The molecule has 0 aliphatic rings. The van der Waals surface area contributed by atoms with Gasteiger partial charge in [0.15, 0.2) is 0 Å². The van der Waals surface area contributed by atoms with Crippen LogP contribution in [-0.2, 0) is 6.54 Å². The summed E-state index contributed by atoms with van der Waals surface area (Å²) < 4.78 is 18.6. The first-order valence-electron chi connectivity index (χ1n) is 5.49. The van der Waals surface area contributed by atoms with Crippen LogP contribution in [0.15, 0.2) is 29.6 Å². The van der Waals surface area contributed by atoms with Crippen molar-refractivity contribution in [1.29, 1.82) is 0 Å². The fourth-order valence-electron chi connectivity index (χ4n) is 1.62. The lowest BCUT2D eigenvalue weighted by atomic mass is 10.2. The second-order valence-corrected chi connectivity index (χ2v) is 4.70. The van der Waals surface area contributed by atoms with Crippen LogP contribution in [0.5, 0.6) is 5.75 Å². The van der Waals surface area contributed by atoms with E-state index in [0.717, 1.165) is 11.3 Å². The zero-order valence-corrected chi connectivity index (χ0v) is 11.0. The van der Waals surface area contributed by atoms with Crippen molar-refractivity contribution in [2.75, 3.05) is 12.4 Å². The molecule has 0 fully saturated rings. The van der Waals surface area contributed by atoms with Gasteiger partial charge in [-0.25, -0.2) is 9.18 Å². The average Bonchev–Trinajstić information content (AvgIpc) is 2.86. The summed E-state index contributed by atoms with van der Waals surface area (Å²) in [5.74, 6) is -0.849. The highest BCUT2D eigenvalue weighted by Gasteiger charge is 2.12. The molecule has 6 heteroatoms. The predicted octanol–water partition coefficient (Wildman–Crippen LogP) is 3.21. The van der Waals surface area contributed by atoms with E-state index in [1.54, 1.807) is 11.4 Å². The fourth-order valence-corrected chi connectivity index (χ4v) is 2.38. The Morgan fingerprint density at radius 3 is 2.95 bits per heavy atom. The average molecular weight is 281 g/mol. The van der Waals surface area contributed by atoms with Crippen LogP contribution in [0.25, 0.3) is 0 Å². The van der Waals surface area contributed by atoms with Crippen molar-refractivity contribution in [3.63, 3.8) is 0 Å². The van der Waals surface area contributed by atoms with Gasteiger partial charge in [-0.2, -0.15) is 0 Å². The van der Waals surface area contributed by atoms with Gasteiger partial charge in [-0.05, 0) is 29.1 Å². The second kappa shape index (κ2) is 5.71. The molecule has 4 nitrogen and oxygen atoms in total. The molecule has 0 amide bonds. The summed E-state index contributed by atoms with van der Waals surface area (Å²) in [6.45, 7) is 0.245. The molecule has 0 saturated heterocycles. The first-order valence-corrected chi connectivity index (χ1v) is 6.37. The van der Waals surface area contributed by atoms with Gasteiger partial charge in [0.2, 0.25) is 0 Å². The van der Waals surface area contributed by atoms with Gasteiger partial charge in [-0.15, -0.1) is 11.3 Å². The summed E-state index contributed by atoms with van der Waals surface area (Å²) in [6, 6.07) is 6.06. The zero-order valence-electron chi connectivity index (χ0n) is 10.1. The molecular weight excluding hydrogens is 269 g/mol. The molecule has 100 valence electrons. The van der Waals surface area contributed by atoms with Crippen molar-refractivity contribution in [1.82, 2.24) is 0 Å². The number of nitrogens with one attached hydrogen (secondary N) is 1. The van der Waals surface area contributed by atoms with Crippen molar-refractivity contribution >= 4 is 23.0 Å². The lowest BCUT2D eigenvalue weighted by Crippen LogP contribution is -2.05. The van der Waals surface area contributed by atoms with E-state index in [1.807, 2.05) is 0 Å². The van der Waals surface area contributed by atoms with E-state index in [9.17, 15) is 9.18 Å². The highest BCUT2D eigenvalue weighted by Crippen LogP contribution is 2.23. The molecule has 0 spiro atoms. The molecule has 0 bridgehead atoms. The lowest BCUT2D eigenvalue weighted by Gasteiger charge is -2.09. The summed E-state index contributed by atoms with van der Waals surface area (Å²) in [5, 5.41) is 13.5. The number of carboxylic acids is 1. The van der Waals surface area contributed by atoms with Gasteiger partial charge in [0, 0.05) is 12.6 Å². The van der Waals surface area contributed by atoms with Crippen LogP contribution in [0.3, 0.4) is 0 Å². The summed E-state index contributed by atoms with van der Waals surface area (Å²) in [6.07, 6.45) is 0. The number of ether oxygens (including phenoxy) is 1. The van der Waals surface area contributed by atoms with Crippen molar-refractivity contribution in [3.05, 3.63) is 45.9 Å². The maximum absolute atomic E-state index is 13.6. The van der Waals surface area contributed by atoms with Crippen molar-refractivity contribution in [3.8, 4) is 5.75 Å². The van der Waals surface area contributed by atoms with E-state index in [-0.39, 0.29) is 17.1 Å². The third kappa shape index (κ3) is 3.03. The number of thiophene rings is 1. The van der Waals surface area contributed by atoms with E-state index in [4.69, 9.17) is 9.84 Å². The Morgan fingerprint density at radius 2 is 2.26 bits per heavy atom. The summed E-state index contributed by atoms with van der Waals surface area (Å²) in [7, 11) is 1.50. The smallest absolute Gasteiger partial charge is 0.346 e. The Morgan fingerprint density at radius 1 is 1.47 bits per heavy atom. The summed E-state index contributed by atoms with van der Waals surface area (Å²) in [5.41, 5.74) is 0.904. The van der Waals surface area contributed by atoms with Gasteiger partial charge in [0.1, 0.15) is 16.4 Å². The van der Waals surface area contributed by atoms with Gasteiger partial charge in [-0.1, -0.05) is 0 Å².